The van der Waals surface area contributed by atoms with Gasteiger partial charge in [-0.1, -0.05) is 0 Å². The fraction of sp³-hybridized carbons (Fsp3) is 0.273. The molecule has 0 aliphatic carbocycles. The van der Waals surface area contributed by atoms with Crippen molar-refractivity contribution in [2.45, 2.75) is 13.0 Å². The number of hydrogen-bond acceptors (Lipinski definition) is 5. The van der Waals surface area contributed by atoms with Crippen LogP contribution in [0.2, 0.25) is 0 Å². The van der Waals surface area contributed by atoms with Crippen LogP contribution in [-0.4, -0.2) is 16.6 Å². The number of anilines is 1. The van der Waals surface area contributed by atoms with Crippen LogP contribution in [0.5, 0.6) is 0 Å². The first-order valence-electron chi connectivity index (χ1n) is 5.21. The molecule has 0 bridgehead atoms. The number of thiophene rings is 1. The summed E-state index contributed by atoms with van der Waals surface area (Å²) in [6, 6.07) is 0. The van der Waals surface area contributed by atoms with Gasteiger partial charge in [0.1, 0.15) is 5.82 Å². The van der Waals surface area contributed by atoms with Crippen LogP contribution in [-0.2, 0) is 17.8 Å². The van der Waals surface area contributed by atoms with Crippen molar-refractivity contribution in [3.05, 3.63) is 26.5 Å². The van der Waals surface area contributed by atoms with Crippen molar-refractivity contribution >= 4 is 33.1 Å². The summed E-state index contributed by atoms with van der Waals surface area (Å²) in [6.45, 7) is 1.22. The van der Waals surface area contributed by atoms with Gasteiger partial charge in [-0.2, -0.15) is 11.3 Å². The molecule has 0 spiro atoms. The average Bonchev–Trinajstić information content (AvgIpc) is 2.75. The highest BCUT2D eigenvalue weighted by Gasteiger charge is 2.18. The first kappa shape index (κ1) is 11.1. The summed E-state index contributed by atoms with van der Waals surface area (Å²) in [5.41, 5.74) is 8.90. The molecule has 2 N–H and O–H groups in total. The van der Waals surface area contributed by atoms with Gasteiger partial charge in [0, 0.05) is 32.8 Å². The molecular formula is C11H10BrN3OS. The van der Waals surface area contributed by atoms with Crippen LogP contribution in [0, 0.1) is 0 Å². The van der Waals surface area contributed by atoms with Crippen molar-refractivity contribution in [1.29, 1.82) is 0 Å². The molecule has 0 unspecified atom stereocenters. The number of aromatic nitrogens is 2. The third-order valence-corrected chi connectivity index (χ3v) is 4.41. The molecule has 17 heavy (non-hydrogen) atoms. The molecule has 0 radical (unpaired) electrons. The Labute approximate surface area is 111 Å². The molecule has 4 nitrogen and oxygen atoms in total. The van der Waals surface area contributed by atoms with E-state index in [1.165, 1.54) is 0 Å². The van der Waals surface area contributed by atoms with Crippen LogP contribution in [0.3, 0.4) is 0 Å². The zero-order chi connectivity index (χ0) is 11.8. The summed E-state index contributed by atoms with van der Waals surface area (Å²) in [5, 5.41) is 4.03. The lowest BCUT2D eigenvalue weighted by atomic mass is 10.1. The lowest BCUT2D eigenvalue weighted by Gasteiger charge is -2.17. The van der Waals surface area contributed by atoms with E-state index in [1.54, 1.807) is 11.3 Å². The van der Waals surface area contributed by atoms with Gasteiger partial charge in [0.2, 0.25) is 0 Å². The lowest BCUT2D eigenvalue weighted by Crippen LogP contribution is -2.16. The second-order valence-corrected chi connectivity index (χ2v) is 5.39. The molecule has 0 saturated heterocycles. The molecule has 0 amide bonds. The Morgan fingerprint density at radius 3 is 3.00 bits per heavy atom. The van der Waals surface area contributed by atoms with Crippen LogP contribution in [0.25, 0.3) is 11.4 Å². The molecule has 0 atom stereocenters. The van der Waals surface area contributed by atoms with Crippen LogP contribution in [0.1, 0.15) is 11.3 Å². The van der Waals surface area contributed by atoms with Gasteiger partial charge in [-0.05, 0) is 15.9 Å². The van der Waals surface area contributed by atoms with E-state index in [0.29, 0.717) is 24.9 Å². The van der Waals surface area contributed by atoms with Crippen LogP contribution in [0.4, 0.5) is 5.82 Å². The van der Waals surface area contributed by atoms with Gasteiger partial charge in [-0.25, -0.2) is 9.97 Å². The number of hydrogen-bond donors (Lipinski definition) is 1. The van der Waals surface area contributed by atoms with Crippen molar-refractivity contribution in [3.8, 4) is 11.4 Å². The highest BCUT2D eigenvalue weighted by atomic mass is 79.9. The van der Waals surface area contributed by atoms with E-state index in [9.17, 15) is 0 Å². The number of nitrogens with zero attached hydrogens (tertiary/aromatic N) is 2. The van der Waals surface area contributed by atoms with Crippen molar-refractivity contribution in [1.82, 2.24) is 9.97 Å². The predicted molar refractivity (Wildman–Crippen MR) is 70.8 cm³/mol. The maximum atomic E-state index is 5.96. The summed E-state index contributed by atoms with van der Waals surface area (Å²) in [5.74, 6) is 1.22. The first-order valence-corrected chi connectivity index (χ1v) is 6.94. The number of ether oxygens (including phenoxy) is 1. The Morgan fingerprint density at radius 2 is 2.24 bits per heavy atom. The molecule has 6 heteroatoms. The molecule has 0 saturated carbocycles. The Morgan fingerprint density at radius 1 is 1.35 bits per heavy atom. The Balaban J connectivity index is 2.14. The summed E-state index contributed by atoms with van der Waals surface area (Å²) >= 11 is 5.10. The second kappa shape index (κ2) is 4.36. The van der Waals surface area contributed by atoms with Gasteiger partial charge in [-0.15, -0.1) is 0 Å². The van der Waals surface area contributed by atoms with E-state index in [4.69, 9.17) is 10.5 Å². The zero-order valence-corrected chi connectivity index (χ0v) is 11.3. The van der Waals surface area contributed by atoms with Crippen molar-refractivity contribution in [3.63, 3.8) is 0 Å². The van der Waals surface area contributed by atoms with E-state index in [1.807, 2.05) is 10.8 Å². The summed E-state index contributed by atoms with van der Waals surface area (Å²) < 4.78 is 6.37. The molecule has 3 rings (SSSR count). The summed E-state index contributed by atoms with van der Waals surface area (Å²) in [7, 11) is 0. The highest BCUT2D eigenvalue weighted by molar-refractivity contribution is 9.10. The van der Waals surface area contributed by atoms with E-state index < -0.39 is 0 Å². The molecule has 0 aromatic carbocycles. The monoisotopic (exact) mass is 311 g/mol. The van der Waals surface area contributed by atoms with E-state index in [-0.39, 0.29) is 0 Å². The Hall–Kier alpha value is -0.980. The van der Waals surface area contributed by atoms with Gasteiger partial charge in [0.15, 0.2) is 5.82 Å². The second-order valence-electron chi connectivity index (χ2n) is 3.79. The summed E-state index contributed by atoms with van der Waals surface area (Å²) in [6.07, 6.45) is 0.802. The molecule has 2 aromatic rings. The van der Waals surface area contributed by atoms with Gasteiger partial charge in [0.05, 0.1) is 18.9 Å². The minimum absolute atomic E-state index is 0.520. The van der Waals surface area contributed by atoms with Crippen LogP contribution >= 0.6 is 27.3 Å². The molecule has 0 fully saturated rings. The smallest absolute Gasteiger partial charge is 0.163 e. The SMILES string of the molecule is Nc1nc(-c2cscc2Br)nc2c1COCC2. The third kappa shape index (κ3) is 1.96. The minimum Gasteiger partial charge on any atom is -0.383 e. The number of halogens is 1. The maximum absolute atomic E-state index is 5.96. The van der Waals surface area contributed by atoms with E-state index >= 15 is 0 Å². The third-order valence-electron chi connectivity index (χ3n) is 2.71. The quantitative estimate of drug-likeness (QED) is 0.879. The molecule has 88 valence electrons. The maximum Gasteiger partial charge on any atom is 0.163 e. The van der Waals surface area contributed by atoms with Gasteiger partial charge in [0.25, 0.3) is 0 Å². The number of fused-ring (bicyclic) bond motifs is 1. The topological polar surface area (TPSA) is 61.0 Å². The largest absolute Gasteiger partial charge is 0.383 e. The standard InChI is InChI=1S/C11H10BrN3OS/c12-8-5-17-4-7(8)11-14-9-1-2-16-3-6(9)10(13)15-11/h4-5H,1-3H2,(H2,13,14,15). The predicted octanol–water partition coefficient (Wildman–Crippen LogP) is 2.62. The van der Waals surface area contributed by atoms with Crippen molar-refractivity contribution in [2.24, 2.45) is 0 Å². The molecule has 1 aliphatic rings. The fourth-order valence-electron chi connectivity index (χ4n) is 1.82. The Kier molecular flexibility index (Phi) is 2.85. The minimum atomic E-state index is 0.520. The first-order chi connectivity index (χ1) is 8.25. The van der Waals surface area contributed by atoms with E-state index in [0.717, 1.165) is 27.7 Å². The fourth-order valence-corrected chi connectivity index (χ4v) is 3.27. The Bertz CT molecular complexity index is 570. The number of nitrogen functional groups attached to an aromatic ring is 1. The average molecular weight is 312 g/mol. The molecular weight excluding hydrogens is 302 g/mol. The van der Waals surface area contributed by atoms with Gasteiger partial charge < -0.3 is 10.5 Å². The van der Waals surface area contributed by atoms with Crippen LogP contribution < -0.4 is 5.73 Å². The molecule has 3 heterocycles. The lowest BCUT2D eigenvalue weighted by molar-refractivity contribution is 0.109. The van der Waals surface area contributed by atoms with E-state index in [2.05, 4.69) is 25.9 Å². The van der Waals surface area contributed by atoms with Gasteiger partial charge >= 0.3 is 0 Å². The van der Waals surface area contributed by atoms with Crippen LogP contribution in [0.15, 0.2) is 15.2 Å². The normalized spacial score (nSPS) is 14.6. The molecule has 2 aromatic heterocycles. The highest BCUT2D eigenvalue weighted by Crippen LogP contribution is 2.31. The van der Waals surface area contributed by atoms with Crippen molar-refractivity contribution in [2.75, 3.05) is 12.3 Å². The number of rotatable bonds is 1. The number of nitrogens with two attached hydrogens (primary N) is 1. The van der Waals surface area contributed by atoms with Gasteiger partial charge in [-0.3, -0.25) is 0 Å². The summed E-state index contributed by atoms with van der Waals surface area (Å²) in [4.78, 5) is 8.94. The zero-order valence-electron chi connectivity index (χ0n) is 8.94. The molecule has 1 aliphatic heterocycles. The van der Waals surface area contributed by atoms with Crippen molar-refractivity contribution < 1.29 is 4.74 Å².